The number of H-pyrrole nitrogens is 1. The number of piperidine rings is 1. The van der Waals surface area contributed by atoms with Gasteiger partial charge in [-0.25, -0.2) is 0 Å². The summed E-state index contributed by atoms with van der Waals surface area (Å²) in [6.07, 6.45) is 3.62. The molecule has 1 aromatic heterocycles. The third kappa shape index (κ3) is 4.82. The molecule has 1 aliphatic heterocycles. The second-order valence-electron chi connectivity index (χ2n) is 9.41. The van der Waals surface area contributed by atoms with Crippen molar-refractivity contribution in [3.05, 3.63) is 35.5 Å². The van der Waals surface area contributed by atoms with Crippen molar-refractivity contribution in [3.8, 4) is 0 Å². The fourth-order valence-electron chi connectivity index (χ4n) is 4.03. The minimum absolute atomic E-state index is 0.0312. The van der Waals surface area contributed by atoms with Crippen LogP contribution >= 0.6 is 0 Å². The summed E-state index contributed by atoms with van der Waals surface area (Å²) in [6.45, 7) is 10.8. The maximum atomic E-state index is 13.0. The van der Waals surface area contributed by atoms with Crippen LogP contribution in [0.25, 0.3) is 10.9 Å². The van der Waals surface area contributed by atoms with Crippen molar-refractivity contribution in [2.75, 3.05) is 26.7 Å². The lowest BCUT2D eigenvalue weighted by atomic mass is 9.87. The van der Waals surface area contributed by atoms with Crippen LogP contribution in [0.5, 0.6) is 0 Å². The summed E-state index contributed by atoms with van der Waals surface area (Å²) in [5.74, 6) is 0.299. The number of nitrogens with zero attached hydrogens (tertiary/aromatic N) is 2. The molecule has 0 radical (unpaired) electrons. The lowest BCUT2D eigenvalue weighted by molar-refractivity contribution is -0.135. The number of hydrogen-bond donors (Lipinski definition) is 1. The average Bonchev–Trinajstić information content (AvgIpc) is 3.13. The smallest absolute Gasteiger partial charge is 0.270 e. The van der Waals surface area contributed by atoms with Crippen LogP contribution in [-0.4, -0.2) is 53.3 Å². The van der Waals surface area contributed by atoms with E-state index in [4.69, 9.17) is 0 Å². The molecule has 29 heavy (non-hydrogen) atoms. The Morgan fingerprint density at radius 3 is 2.48 bits per heavy atom. The van der Waals surface area contributed by atoms with Crippen molar-refractivity contribution in [1.82, 2.24) is 14.8 Å². The summed E-state index contributed by atoms with van der Waals surface area (Å²) in [5.41, 5.74) is 2.96. The molecule has 1 aliphatic rings. The van der Waals surface area contributed by atoms with E-state index in [1.165, 1.54) is 5.56 Å². The van der Waals surface area contributed by atoms with Crippen LogP contribution in [0.2, 0.25) is 0 Å². The van der Waals surface area contributed by atoms with E-state index in [1.807, 2.05) is 22.9 Å². The molecule has 0 spiro atoms. The minimum Gasteiger partial charge on any atom is -0.351 e. The molecule has 2 amide bonds. The van der Waals surface area contributed by atoms with Gasteiger partial charge in [-0.05, 0) is 42.4 Å². The van der Waals surface area contributed by atoms with Crippen molar-refractivity contribution in [3.63, 3.8) is 0 Å². The Balaban J connectivity index is 1.64. The predicted molar refractivity (Wildman–Crippen MR) is 118 cm³/mol. The number of nitrogens with one attached hydrogen (secondary N) is 1. The topological polar surface area (TPSA) is 56.4 Å². The fraction of sp³-hybridized carbons (Fsp3) is 0.583. The van der Waals surface area contributed by atoms with E-state index < -0.39 is 0 Å². The second kappa shape index (κ2) is 8.60. The highest BCUT2D eigenvalue weighted by molar-refractivity contribution is 5.98. The molecule has 158 valence electrons. The van der Waals surface area contributed by atoms with Gasteiger partial charge in [-0.2, -0.15) is 0 Å². The van der Waals surface area contributed by atoms with E-state index in [-0.39, 0.29) is 23.1 Å². The van der Waals surface area contributed by atoms with Crippen LogP contribution in [0, 0.1) is 5.92 Å². The Hall–Kier alpha value is -2.30. The number of rotatable bonds is 5. The van der Waals surface area contributed by atoms with Crippen LogP contribution in [-0.2, 0) is 10.2 Å². The maximum Gasteiger partial charge on any atom is 0.270 e. The molecule has 0 bridgehead atoms. The molecule has 0 saturated carbocycles. The highest BCUT2D eigenvalue weighted by Gasteiger charge is 2.30. The summed E-state index contributed by atoms with van der Waals surface area (Å²) >= 11 is 0. The molecule has 5 heteroatoms. The fourth-order valence-corrected chi connectivity index (χ4v) is 4.03. The van der Waals surface area contributed by atoms with Gasteiger partial charge in [-0.15, -0.1) is 0 Å². The van der Waals surface area contributed by atoms with Crippen molar-refractivity contribution >= 4 is 22.7 Å². The molecule has 0 atom stereocenters. The molecule has 0 unspecified atom stereocenters. The SMILES string of the molecule is CCCCN(C)C(=O)C1CCN(C(=O)c2cc3ccc(C(C)(C)C)cc3[nH]2)CC1. The zero-order valence-electron chi connectivity index (χ0n) is 18.5. The summed E-state index contributed by atoms with van der Waals surface area (Å²) in [7, 11) is 1.89. The molecule has 2 aromatic rings. The van der Waals surface area contributed by atoms with Gasteiger partial charge in [0.25, 0.3) is 5.91 Å². The molecule has 2 heterocycles. The number of carbonyl (C=O) groups is 2. The van der Waals surface area contributed by atoms with Gasteiger partial charge in [-0.1, -0.05) is 46.2 Å². The molecule has 0 aliphatic carbocycles. The van der Waals surface area contributed by atoms with Gasteiger partial charge in [0.05, 0.1) is 0 Å². The van der Waals surface area contributed by atoms with Crippen LogP contribution in [0.3, 0.4) is 0 Å². The van der Waals surface area contributed by atoms with Crippen molar-refractivity contribution in [2.45, 2.75) is 58.8 Å². The van der Waals surface area contributed by atoms with Gasteiger partial charge in [0.2, 0.25) is 5.91 Å². The Labute approximate surface area is 174 Å². The Morgan fingerprint density at radius 2 is 1.86 bits per heavy atom. The van der Waals surface area contributed by atoms with E-state index in [0.29, 0.717) is 18.8 Å². The summed E-state index contributed by atoms with van der Waals surface area (Å²) in [4.78, 5) is 32.7. The number of amides is 2. The number of hydrogen-bond acceptors (Lipinski definition) is 2. The van der Waals surface area contributed by atoms with Gasteiger partial charge in [-0.3, -0.25) is 9.59 Å². The zero-order chi connectivity index (χ0) is 21.2. The second-order valence-corrected chi connectivity index (χ2v) is 9.41. The first kappa shape index (κ1) is 21.4. The highest BCUT2D eigenvalue weighted by atomic mass is 16.2. The van der Waals surface area contributed by atoms with E-state index in [9.17, 15) is 9.59 Å². The van der Waals surface area contributed by atoms with E-state index in [0.717, 1.165) is 43.1 Å². The molecule has 1 aromatic carbocycles. The van der Waals surface area contributed by atoms with Crippen LogP contribution < -0.4 is 0 Å². The van der Waals surface area contributed by atoms with Crippen LogP contribution in [0.15, 0.2) is 24.3 Å². The van der Waals surface area contributed by atoms with E-state index >= 15 is 0 Å². The number of carbonyl (C=O) groups excluding carboxylic acids is 2. The van der Waals surface area contributed by atoms with Crippen LogP contribution in [0.1, 0.15) is 69.4 Å². The van der Waals surface area contributed by atoms with Crippen molar-refractivity contribution < 1.29 is 9.59 Å². The Morgan fingerprint density at radius 1 is 1.17 bits per heavy atom. The number of fused-ring (bicyclic) bond motifs is 1. The highest BCUT2D eigenvalue weighted by Crippen LogP contribution is 2.27. The maximum absolute atomic E-state index is 13.0. The average molecular weight is 398 g/mol. The Bertz CT molecular complexity index is 870. The predicted octanol–water partition coefficient (Wildman–Crippen LogP) is 4.58. The molecule has 1 fully saturated rings. The number of unbranched alkanes of at least 4 members (excludes halogenated alkanes) is 1. The first-order valence-electron chi connectivity index (χ1n) is 10.9. The van der Waals surface area contributed by atoms with Crippen molar-refractivity contribution in [1.29, 1.82) is 0 Å². The number of likely N-dealkylation sites (tertiary alicyclic amines) is 1. The number of aromatic nitrogens is 1. The first-order valence-corrected chi connectivity index (χ1v) is 10.9. The van der Waals surface area contributed by atoms with Gasteiger partial charge in [0, 0.05) is 43.5 Å². The molecule has 1 N–H and O–H groups in total. The third-order valence-corrected chi connectivity index (χ3v) is 6.07. The first-order chi connectivity index (χ1) is 13.7. The Kier molecular flexibility index (Phi) is 6.35. The quantitative estimate of drug-likeness (QED) is 0.803. The largest absolute Gasteiger partial charge is 0.351 e. The van der Waals surface area contributed by atoms with Gasteiger partial charge in [0.15, 0.2) is 0 Å². The van der Waals surface area contributed by atoms with Gasteiger partial charge >= 0.3 is 0 Å². The molecular weight excluding hydrogens is 362 g/mol. The summed E-state index contributed by atoms with van der Waals surface area (Å²) < 4.78 is 0. The third-order valence-electron chi connectivity index (χ3n) is 6.07. The van der Waals surface area contributed by atoms with Gasteiger partial charge in [0.1, 0.15) is 5.69 Å². The lowest BCUT2D eigenvalue weighted by Gasteiger charge is -2.33. The lowest BCUT2D eigenvalue weighted by Crippen LogP contribution is -2.43. The summed E-state index contributed by atoms with van der Waals surface area (Å²) in [6, 6.07) is 8.31. The van der Waals surface area contributed by atoms with E-state index in [2.05, 4.69) is 50.9 Å². The minimum atomic E-state index is 0.0312. The van der Waals surface area contributed by atoms with E-state index in [1.54, 1.807) is 0 Å². The van der Waals surface area contributed by atoms with Crippen LogP contribution in [0.4, 0.5) is 0 Å². The van der Waals surface area contributed by atoms with Crippen molar-refractivity contribution in [2.24, 2.45) is 5.92 Å². The number of benzene rings is 1. The molecule has 5 nitrogen and oxygen atoms in total. The van der Waals surface area contributed by atoms with Gasteiger partial charge < -0.3 is 14.8 Å². The zero-order valence-corrected chi connectivity index (χ0v) is 18.5. The molecule has 1 saturated heterocycles. The molecule has 3 rings (SSSR count). The standard InChI is InChI=1S/C24H35N3O2/c1-6-7-12-26(5)22(28)17-10-13-27(14-11-17)23(29)21-15-18-8-9-19(24(2,3)4)16-20(18)25-21/h8-9,15-17,25H,6-7,10-14H2,1-5H3. The normalized spacial score (nSPS) is 15.7. The summed E-state index contributed by atoms with van der Waals surface area (Å²) in [5, 5.41) is 1.06. The number of aromatic amines is 1. The monoisotopic (exact) mass is 397 g/mol. The molecular formula is C24H35N3O2.